The number of hydrogen-bond acceptors (Lipinski definition) is 3. The van der Waals surface area contributed by atoms with Crippen LogP contribution >= 0.6 is 0 Å². The minimum atomic E-state index is -0.192. The summed E-state index contributed by atoms with van der Waals surface area (Å²) in [6, 6.07) is 17.7. The quantitative estimate of drug-likeness (QED) is 0.868. The maximum Gasteiger partial charge on any atom is 0.319 e. The molecule has 25 heavy (non-hydrogen) atoms. The van der Waals surface area contributed by atoms with E-state index in [4.69, 9.17) is 9.47 Å². The molecule has 0 aliphatic carbocycles. The number of ether oxygens (including phenoxy) is 2. The van der Waals surface area contributed by atoms with Crippen LogP contribution in [0.25, 0.3) is 0 Å². The van der Waals surface area contributed by atoms with Crippen LogP contribution in [0.2, 0.25) is 0 Å². The normalized spacial score (nSPS) is 20.0. The van der Waals surface area contributed by atoms with Gasteiger partial charge in [-0.25, -0.2) is 4.79 Å². The predicted molar refractivity (Wildman–Crippen MR) is 97.5 cm³/mol. The third kappa shape index (κ3) is 4.81. The van der Waals surface area contributed by atoms with Gasteiger partial charge in [-0.05, 0) is 24.5 Å². The average Bonchev–Trinajstić information content (AvgIpc) is 2.64. The molecular weight excluding hydrogens is 316 g/mol. The summed E-state index contributed by atoms with van der Waals surface area (Å²) in [5, 5.41) is 5.99. The molecule has 1 fully saturated rings. The Labute approximate surface area is 148 Å². The van der Waals surface area contributed by atoms with Gasteiger partial charge < -0.3 is 20.1 Å². The molecule has 1 heterocycles. The van der Waals surface area contributed by atoms with Crippen molar-refractivity contribution in [1.29, 1.82) is 0 Å². The number of rotatable bonds is 5. The summed E-state index contributed by atoms with van der Waals surface area (Å²) in [5.74, 6) is 0. The fraction of sp³-hybridized carbons (Fsp3) is 0.350. The Balaban J connectivity index is 1.58. The second-order valence-electron chi connectivity index (χ2n) is 6.18. The summed E-state index contributed by atoms with van der Waals surface area (Å²) in [6.45, 7) is 1.11. The number of urea groups is 1. The number of para-hydroxylation sites is 1. The fourth-order valence-electron chi connectivity index (χ4n) is 3.10. The second-order valence-corrected chi connectivity index (χ2v) is 6.18. The monoisotopic (exact) mass is 340 g/mol. The molecule has 1 aliphatic rings. The largest absolute Gasteiger partial charge is 0.380 e. The van der Waals surface area contributed by atoms with Crippen molar-refractivity contribution in [1.82, 2.24) is 5.32 Å². The summed E-state index contributed by atoms with van der Waals surface area (Å²) < 4.78 is 11.0. The van der Waals surface area contributed by atoms with E-state index < -0.39 is 0 Å². The van der Waals surface area contributed by atoms with Gasteiger partial charge in [-0.3, -0.25) is 0 Å². The molecule has 0 bridgehead atoms. The van der Waals surface area contributed by atoms with Crippen LogP contribution in [0.3, 0.4) is 0 Å². The number of hydrogen-bond donors (Lipinski definition) is 2. The Hall–Kier alpha value is -2.37. The zero-order valence-electron chi connectivity index (χ0n) is 14.4. The maximum atomic E-state index is 12.4. The number of anilines is 1. The molecule has 2 N–H and O–H groups in total. The number of methoxy groups -OCH3 is 1. The zero-order chi connectivity index (χ0) is 17.5. The molecule has 0 aromatic heterocycles. The van der Waals surface area contributed by atoms with Crippen LogP contribution < -0.4 is 10.6 Å². The molecule has 5 heteroatoms. The minimum Gasteiger partial charge on any atom is -0.380 e. The molecule has 0 radical (unpaired) electrons. The first kappa shape index (κ1) is 17.5. The molecule has 2 aromatic carbocycles. The zero-order valence-corrected chi connectivity index (χ0v) is 14.4. The third-order valence-electron chi connectivity index (χ3n) is 4.36. The molecule has 5 nitrogen and oxygen atoms in total. The van der Waals surface area contributed by atoms with Gasteiger partial charge in [0.25, 0.3) is 0 Å². The Morgan fingerprint density at radius 3 is 2.72 bits per heavy atom. The molecule has 2 aromatic rings. The van der Waals surface area contributed by atoms with Gasteiger partial charge in [0.1, 0.15) is 0 Å². The molecule has 0 unspecified atom stereocenters. The van der Waals surface area contributed by atoms with Crippen LogP contribution in [0, 0.1) is 0 Å². The number of benzene rings is 2. The third-order valence-corrected chi connectivity index (χ3v) is 4.36. The molecule has 2 amide bonds. The first-order valence-corrected chi connectivity index (χ1v) is 8.57. The maximum absolute atomic E-state index is 12.4. The summed E-state index contributed by atoms with van der Waals surface area (Å²) in [7, 11) is 1.64. The second kappa shape index (κ2) is 8.65. The lowest BCUT2D eigenvalue weighted by Gasteiger charge is -2.30. The lowest BCUT2D eigenvalue weighted by molar-refractivity contribution is 0.00254. The highest BCUT2D eigenvalue weighted by molar-refractivity contribution is 5.90. The molecule has 132 valence electrons. The number of carbonyl (C=O) groups is 1. The SMILES string of the molecule is COCc1ccccc1NC(=O)N[C@H]1CCO[C@@H](c2ccccc2)C1. The first-order valence-electron chi connectivity index (χ1n) is 8.57. The van der Waals surface area contributed by atoms with E-state index in [0.717, 1.165) is 29.7 Å². The molecule has 0 spiro atoms. The van der Waals surface area contributed by atoms with Gasteiger partial charge in [0.15, 0.2) is 0 Å². The van der Waals surface area contributed by atoms with Crippen LogP contribution in [0.15, 0.2) is 54.6 Å². The van der Waals surface area contributed by atoms with Crippen molar-refractivity contribution in [3.63, 3.8) is 0 Å². The molecule has 1 aliphatic heterocycles. The molecule has 0 saturated carbocycles. The van der Waals surface area contributed by atoms with E-state index in [9.17, 15) is 4.79 Å². The first-order chi connectivity index (χ1) is 12.3. The highest BCUT2D eigenvalue weighted by Gasteiger charge is 2.25. The topological polar surface area (TPSA) is 59.6 Å². The molecule has 2 atom stereocenters. The number of carbonyl (C=O) groups excluding carboxylic acids is 1. The Bertz CT molecular complexity index is 690. The van der Waals surface area contributed by atoms with Crippen molar-refractivity contribution in [2.45, 2.75) is 31.6 Å². The number of nitrogens with one attached hydrogen (secondary N) is 2. The van der Waals surface area contributed by atoms with Gasteiger partial charge in [0.2, 0.25) is 0 Å². The van der Waals surface area contributed by atoms with Gasteiger partial charge in [-0.15, -0.1) is 0 Å². The minimum absolute atomic E-state index is 0.0287. The van der Waals surface area contributed by atoms with E-state index in [1.54, 1.807) is 7.11 Å². The summed E-state index contributed by atoms with van der Waals surface area (Å²) in [5.41, 5.74) is 2.88. The van der Waals surface area contributed by atoms with Crippen molar-refractivity contribution in [2.75, 3.05) is 19.0 Å². The number of amides is 2. The molecule has 3 rings (SSSR count). The average molecular weight is 340 g/mol. The van der Waals surface area contributed by atoms with Crippen LogP contribution in [0.1, 0.15) is 30.1 Å². The van der Waals surface area contributed by atoms with Crippen LogP contribution in [-0.2, 0) is 16.1 Å². The summed E-state index contributed by atoms with van der Waals surface area (Å²) in [4.78, 5) is 12.4. The van der Waals surface area contributed by atoms with Crippen molar-refractivity contribution in [2.24, 2.45) is 0 Å². The van der Waals surface area contributed by atoms with Gasteiger partial charge >= 0.3 is 6.03 Å². The highest BCUT2D eigenvalue weighted by Crippen LogP contribution is 2.28. The van der Waals surface area contributed by atoms with E-state index in [2.05, 4.69) is 22.8 Å². The Kier molecular flexibility index (Phi) is 6.04. The fourth-order valence-corrected chi connectivity index (χ4v) is 3.10. The lowest BCUT2D eigenvalue weighted by atomic mass is 9.97. The van der Waals surface area contributed by atoms with E-state index in [0.29, 0.717) is 13.2 Å². The van der Waals surface area contributed by atoms with Crippen molar-refractivity contribution in [3.8, 4) is 0 Å². The van der Waals surface area contributed by atoms with E-state index in [1.807, 2.05) is 42.5 Å². The summed E-state index contributed by atoms with van der Waals surface area (Å²) >= 11 is 0. The van der Waals surface area contributed by atoms with Crippen molar-refractivity contribution < 1.29 is 14.3 Å². The van der Waals surface area contributed by atoms with E-state index in [1.165, 1.54) is 0 Å². The predicted octanol–water partition coefficient (Wildman–Crippen LogP) is 3.87. The summed E-state index contributed by atoms with van der Waals surface area (Å²) in [6.07, 6.45) is 1.62. The lowest BCUT2D eigenvalue weighted by Crippen LogP contribution is -2.42. The van der Waals surface area contributed by atoms with Crippen molar-refractivity contribution >= 4 is 11.7 Å². The van der Waals surface area contributed by atoms with Crippen LogP contribution in [0.4, 0.5) is 10.5 Å². The van der Waals surface area contributed by atoms with Crippen LogP contribution in [-0.4, -0.2) is 25.8 Å². The van der Waals surface area contributed by atoms with E-state index in [-0.39, 0.29) is 18.2 Å². The smallest absolute Gasteiger partial charge is 0.319 e. The van der Waals surface area contributed by atoms with Gasteiger partial charge in [-0.1, -0.05) is 48.5 Å². The van der Waals surface area contributed by atoms with Gasteiger partial charge in [0, 0.05) is 31.0 Å². The van der Waals surface area contributed by atoms with Crippen molar-refractivity contribution in [3.05, 3.63) is 65.7 Å². The molecular formula is C20H24N2O3. The van der Waals surface area contributed by atoms with Gasteiger partial charge in [0.05, 0.1) is 12.7 Å². The molecule has 1 saturated heterocycles. The Morgan fingerprint density at radius 2 is 1.92 bits per heavy atom. The standard InChI is InChI=1S/C20H24N2O3/c1-24-14-16-9-5-6-10-18(16)22-20(23)21-17-11-12-25-19(13-17)15-7-3-2-4-8-15/h2-10,17,19H,11-14H2,1H3,(H2,21,22,23)/t17-,19+/m0/s1. The van der Waals surface area contributed by atoms with Crippen LogP contribution in [0.5, 0.6) is 0 Å². The highest BCUT2D eigenvalue weighted by atomic mass is 16.5. The van der Waals surface area contributed by atoms with Gasteiger partial charge in [-0.2, -0.15) is 0 Å². The Morgan fingerprint density at radius 1 is 1.16 bits per heavy atom. The van der Waals surface area contributed by atoms with E-state index >= 15 is 0 Å².